The van der Waals surface area contributed by atoms with Crippen molar-refractivity contribution in [3.63, 3.8) is 0 Å². The van der Waals surface area contributed by atoms with E-state index in [-0.39, 0.29) is 0 Å². The fourth-order valence-electron chi connectivity index (χ4n) is 8.96. The van der Waals surface area contributed by atoms with E-state index in [1.54, 1.807) is 0 Å². The van der Waals surface area contributed by atoms with Gasteiger partial charge in [-0.25, -0.2) is 0 Å². The van der Waals surface area contributed by atoms with E-state index in [0.29, 0.717) is 0 Å². The lowest BCUT2D eigenvalue weighted by Crippen LogP contribution is -2.12. The normalized spacial score (nSPS) is 11.6. The Balaban J connectivity index is 1.07. The maximum absolute atomic E-state index is 2.42. The minimum atomic E-state index is 1.10. The number of hydrogen-bond acceptors (Lipinski definition) is 1. The first-order valence-corrected chi connectivity index (χ1v) is 19.0. The van der Waals surface area contributed by atoms with Gasteiger partial charge in [0.2, 0.25) is 0 Å². The molecule has 9 aromatic carbocycles. The van der Waals surface area contributed by atoms with Crippen LogP contribution in [0.4, 0.5) is 17.1 Å². The van der Waals surface area contributed by atoms with E-state index in [2.05, 4.69) is 217 Å². The molecule has 0 fully saturated rings. The summed E-state index contributed by atoms with van der Waals surface area (Å²) in [6.45, 7) is 0. The van der Waals surface area contributed by atoms with Gasteiger partial charge in [-0.3, -0.25) is 0 Å². The van der Waals surface area contributed by atoms with Gasteiger partial charge in [0.15, 0.2) is 0 Å². The van der Waals surface area contributed by atoms with E-state index in [9.17, 15) is 0 Å². The molecule has 0 aliphatic heterocycles. The summed E-state index contributed by atoms with van der Waals surface area (Å²) in [6, 6.07) is 77.7. The third-order valence-electron chi connectivity index (χ3n) is 11.4. The topological polar surface area (TPSA) is 3.24 Å². The molecule has 0 amide bonds. The van der Waals surface area contributed by atoms with Crippen molar-refractivity contribution in [2.75, 3.05) is 4.90 Å². The summed E-state index contributed by atoms with van der Waals surface area (Å²) in [7, 11) is 0. The number of hydrogen-bond donors (Lipinski definition) is 0. The number of para-hydroxylation sites is 2. The molecule has 2 aliphatic rings. The molecule has 0 unspecified atom stereocenters. The van der Waals surface area contributed by atoms with Gasteiger partial charge < -0.3 is 4.90 Å². The van der Waals surface area contributed by atoms with Crippen molar-refractivity contribution in [1.82, 2.24) is 0 Å². The molecular weight excluding hydrogens is 663 g/mol. The second-order valence-corrected chi connectivity index (χ2v) is 14.4. The maximum Gasteiger partial charge on any atom is 0.0540 e. The number of rotatable bonds is 6. The standard InChI is InChI=1S/C54H35N/c1-3-15-37(16-4-1)41-19-9-11-27-51(41)55(52-28-12-10-20-42(52)38-17-5-2-6-18-38)40-32-29-36(30-33-40)39-31-34-44-47-24-14-25-48-49-26-13-23-46(54(49)50(44)35-39)43-21-7-8-22-45(43)53(47)48/h1-35H. The molecule has 256 valence electrons. The Morgan fingerprint density at radius 2 is 0.618 bits per heavy atom. The Kier molecular flexibility index (Phi) is 7.25. The van der Waals surface area contributed by atoms with Crippen LogP contribution in [0.2, 0.25) is 0 Å². The Morgan fingerprint density at radius 1 is 0.218 bits per heavy atom. The van der Waals surface area contributed by atoms with E-state index >= 15 is 0 Å². The van der Waals surface area contributed by atoms with E-state index < -0.39 is 0 Å². The summed E-state index contributed by atoms with van der Waals surface area (Å²) in [5, 5.41) is 0. The molecule has 0 radical (unpaired) electrons. The molecule has 0 saturated carbocycles. The quantitative estimate of drug-likeness (QED) is 0.167. The van der Waals surface area contributed by atoms with Crippen LogP contribution in [-0.4, -0.2) is 0 Å². The Labute approximate surface area is 322 Å². The maximum atomic E-state index is 2.42. The summed E-state index contributed by atoms with van der Waals surface area (Å²) in [6.07, 6.45) is 0. The van der Waals surface area contributed by atoms with Crippen LogP contribution in [0.3, 0.4) is 0 Å². The fourth-order valence-corrected chi connectivity index (χ4v) is 8.96. The van der Waals surface area contributed by atoms with Crippen molar-refractivity contribution < 1.29 is 0 Å². The zero-order valence-corrected chi connectivity index (χ0v) is 30.2. The third kappa shape index (κ3) is 5.01. The largest absolute Gasteiger partial charge is 0.309 e. The number of nitrogens with zero attached hydrogens (tertiary/aromatic N) is 1. The summed E-state index contributed by atoms with van der Waals surface area (Å²) >= 11 is 0. The average Bonchev–Trinajstić information content (AvgIpc) is 3.37. The van der Waals surface area contributed by atoms with Gasteiger partial charge in [0, 0.05) is 16.8 Å². The third-order valence-corrected chi connectivity index (χ3v) is 11.4. The fraction of sp³-hybridized carbons (Fsp3) is 0. The van der Waals surface area contributed by atoms with Gasteiger partial charge in [-0.2, -0.15) is 0 Å². The van der Waals surface area contributed by atoms with Crippen molar-refractivity contribution in [3.8, 4) is 89.0 Å². The van der Waals surface area contributed by atoms with Crippen molar-refractivity contribution in [2.45, 2.75) is 0 Å². The van der Waals surface area contributed by atoms with Crippen molar-refractivity contribution in [1.29, 1.82) is 0 Å². The molecule has 6 bridgehead atoms. The second-order valence-electron chi connectivity index (χ2n) is 14.4. The zero-order chi connectivity index (χ0) is 36.3. The van der Waals surface area contributed by atoms with Crippen molar-refractivity contribution >= 4 is 17.1 Å². The Bertz CT molecular complexity index is 2800. The van der Waals surface area contributed by atoms with E-state index in [4.69, 9.17) is 0 Å². The monoisotopic (exact) mass is 697 g/mol. The molecule has 1 heteroatoms. The lowest BCUT2D eigenvalue weighted by atomic mass is 9.83. The van der Waals surface area contributed by atoms with E-state index in [0.717, 1.165) is 17.1 Å². The first-order valence-electron chi connectivity index (χ1n) is 19.0. The molecule has 0 heterocycles. The molecule has 0 N–H and O–H groups in total. The SMILES string of the molecule is c1ccc(-c2ccccc2N(c2ccc(-c3ccc4c(c3)-c3c5cccc3-c3cccc-4c3-c3ccccc3-5)cc2)c2ccccc2-c2ccccc2)cc1. The molecular formula is C54H35N. The van der Waals surface area contributed by atoms with Gasteiger partial charge in [0.25, 0.3) is 0 Å². The predicted molar refractivity (Wildman–Crippen MR) is 232 cm³/mol. The lowest BCUT2D eigenvalue weighted by molar-refractivity contribution is 1.28. The molecule has 11 rings (SSSR count). The van der Waals surface area contributed by atoms with Crippen LogP contribution in [0.25, 0.3) is 89.0 Å². The van der Waals surface area contributed by atoms with Gasteiger partial charge in [0.05, 0.1) is 11.4 Å². The van der Waals surface area contributed by atoms with Crippen molar-refractivity contribution in [3.05, 3.63) is 212 Å². The zero-order valence-electron chi connectivity index (χ0n) is 30.2. The summed E-state index contributed by atoms with van der Waals surface area (Å²) in [5.74, 6) is 0. The van der Waals surface area contributed by atoms with Gasteiger partial charge in [0.1, 0.15) is 0 Å². The highest BCUT2D eigenvalue weighted by Gasteiger charge is 2.30. The van der Waals surface area contributed by atoms with Crippen LogP contribution in [0.5, 0.6) is 0 Å². The number of benzene rings is 9. The first-order chi connectivity index (χ1) is 27.3. The van der Waals surface area contributed by atoms with Crippen LogP contribution in [0.1, 0.15) is 0 Å². The minimum Gasteiger partial charge on any atom is -0.309 e. The molecule has 0 spiro atoms. The molecule has 0 atom stereocenters. The summed E-state index contributed by atoms with van der Waals surface area (Å²) in [5.41, 5.74) is 23.6. The number of fused-ring (bicyclic) bond motifs is 4. The van der Waals surface area contributed by atoms with Gasteiger partial charge in [-0.15, -0.1) is 0 Å². The van der Waals surface area contributed by atoms with E-state index in [1.165, 1.54) is 89.0 Å². The summed E-state index contributed by atoms with van der Waals surface area (Å²) in [4.78, 5) is 2.42. The average molecular weight is 698 g/mol. The second kappa shape index (κ2) is 12.7. The van der Waals surface area contributed by atoms with Crippen LogP contribution in [0.15, 0.2) is 212 Å². The van der Waals surface area contributed by atoms with E-state index in [1.807, 2.05) is 0 Å². The van der Waals surface area contributed by atoms with Crippen LogP contribution in [-0.2, 0) is 0 Å². The molecule has 1 nitrogen and oxygen atoms in total. The highest BCUT2D eigenvalue weighted by atomic mass is 15.1. The molecule has 9 aromatic rings. The summed E-state index contributed by atoms with van der Waals surface area (Å²) < 4.78 is 0. The molecule has 2 aliphatic carbocycles. The van der Waals surface area contributed by atoms with Crippen LogP contribution < -0.4 is 4.90 Å². The van der Waals surface area contributed by atoms with Gasteiger partial charge >= 0.3 is 0 Å². The highest BCUT2D eigenvalue weighted by Crippen LogP contribution is 2.57. The number of anilines is 3. The molecule has 0 saturated heterocycles. The van der Waals surface area contributed by atoms with Gasteiger partial charge in [-0.05, 0) is 108 Å². The first kappa shape index (κ1) is 31.3. The van der Waals surface area contributed by atoms with Gasteiger partial charge in [-0.1, -0.05) is 182 Å². The van der Waals surface area contributed by atoms with Crippen LogP contribution in [0, 0.1) is 0 Å². The Hall–Kier alpha value is -7.22. The predicted octanol–water partition coefficient (Wildman–Crippen LogP) is 15.1. The highest BCUT2D eigenvalue weighted by molar-refractivity contribution is 6.15. The smallest absolute Gasteiger partial charge is 0.0540 e. The van der Waals surface area contributed by atoms with Crippen LogP contribution >= 0.6 is 0 Å². The molecule has 55 heavy (non-hydrogen) atoms. The Morgan fingerprint density at radius 3 is 1.18 bits per heavy atom. The lowest BCUT2D eigenvalue weighted by Gasteiger charge is -2.30. The van der Waals surface area contributed by atoms with Crippen molar-refractivity contribution in [2.24, 2.45) is 0 Å². The minimum absolute atomic E-state index is 1.10. The molecule has 0 aromatic heterocycles.